The Bertz CT molecular complexity index is 563. The van der Waals surface area contributed by atoms with Crippen molar-refractivity contribution in [2.24, 2.45) is 0 Å². The summed E-state index contributed by atoms with van der Waals surface area (Å²) in [5.41, 5.74) is 2.57. The van der Waals surface area contributed by atoms with Gasteiger partial charge in [-0.15, -0.1) is 11.3 Å². The number of carboxylic acids is 1. The topological polar surface area (TPSA) is 59.4 Å². The van der Waals surface area contributed by atoms with E-state index in [-0.39, 0.29) is 5.01 Å². The number of aromatic carboxylic acids is 1. The van der Waals surface area contributed by atoms with E-state index in [2.05, 4.69) is 4.98 Å². The number of carboxylic acid groups (broad SMARTS) is 1. The maximum atomic E-state index is 10.7. The Kier molecular flexibility index (Phi) is 3.10. The average molecular weight is 249 g/mol. The Morgan fingerprint density at radius 2 is 2.24 bits per heavy atom. The van der Waals surface area contributed by atoms with Crippen molar-refractivity contribution in [2.75, 3.05) is 7.11 Å². The molecule has 0 fully saturated rings. The van der Waals surface area contributed by atoms with Crippen LogP contribution in [0, 0.1) is 6.92 Å². The molecule has 0 aliphatic heterocycles. The number of nitrogens with zero attached hydrogens (tertiary/aromatic N) is 1. The Balaban J connectivity index is 2.39. The van der Waals surface area contributed by atoms with E-state index in [1.807, 2.05) is 25.1 Å². The Hall–Kier alpha value is -1.88. The van der Waals surface area contributed by atoms with Crippen LogP contribution < -0.4 is 4.74 Å². The minimum atomic E-state index is -0.994. The summed E-state index contributed by atoms with van der Waals surface area (Å²) >= 11 is 1.13. The minimum Gasteiger partial charge on any atom is -0.496 e. The van der Waals surface area contributed by atoms with E-state index < -0.39 is 5.97 Å². The van der Waals surface area contributed by atoms with Crippen molar-refractivity contribution in [1.29, 1.82) is 0 Å². The number of ether oxygens (including phenoxy) is 1. The number of carbonyl (C=O) groups is 1. The quantitative estimate of drug-likeness (QED) is 0.908. The molecular formula is C12H11NO3S. The van der Waals surface area contributed by atoms with Crippen LogP contribution in [0.1, 0.15) is 15.4 Å². The molecule has 5 heteroatoms. The summed E-state index contributed by atoms with van der Waals surface area (Å²) in [7, 11) is 1.62. The van der Waals surface area contributed by atoms with E-state index in [1.54, 1.807) is 12.5 Å². The molecule has 17 heavy (non-hydrogen) atoms. The van der Waals surface area contributed by atoms with E-state index >= 15 is 0 Å². The summed E-state index contributed by atoms with van der Waals surface area (Å²) in [4.78, 5) is 14.8. The van der Waals surface area contributed by atoms with Crippen LogP contribution in [0.15, 0.2) is 23.6 Å². The van der Waals surface area contributed by atoms with Gasteiger partial charge in [0.2, 0.25) is 5.01 Å². The van der Waals surface area contributed by atoms with Gasteiger partial charge >= 0.3 is 5.97 Å². The molecule has 0 aliphatic carbocycles. The molecule has 2 rings (SSSR count). The van der Waals surface area contributed by atoms with Gasteiger partial charge in [-0.25, -0.2) is 9.78 Å². The SMILES string of the molecule is COc1ccc(-c2csc(C(=O)O)n2)cc1C. The van der Waals surface area contributed by atoms with Crippen molar-refractivity contribution >= 4 is 17.3 Å². The van der Waals surface area contributed by atoms with Crippen LogP contribution in [0.4, 0.5) is 0 Å². The van der Waals surface area contributed by atoms with E-state index in [4.69, 9.17) is 9.84 Å². The van der Waals surface area contributed by atoms with E-state index in [0.717, 1.165) is 28.2 Å². The third-order valence-corrected chi connectivity index (χ3v) is 3.21. The number of aryl methyl sites for hydroxylation is 1. The zero-order chi connectivity index (χ0) is 12.4. The fourth-order valence-electron chi connectivity index (χ4n) is 1.54. The van der Waals surface area contributed by atoms with Gasteiger partial charge in [-0.05, 0) is 30.7 Å². The van der Waals surface area contributed by atoms with Gasteiger partial charge in [0, 0.05) is 10.9 Å². The molecule has 88 valence electrons. The Morgan fingerprint density at radius 3 is 2.76 bits per heavy atom. The molecule has 0 unspecified atom stereocenters. The van der Waals surface area contributed by atoms with Crippen molar-refractivity contribution in [1.82, 2.24) is 4.98 Å². The van der Waals surface area contributed by atoms with Gasteiger partial charge in [-0.2, -0.15) is 0 Å². The van der Waals surface area contributed by atoms with Crippen molar-refractivity contribution in [2.45, 2.75) is 6.92 Å². The summed E-state index contributed by atoms with van der Waals surface area (Å²) in [5, 5.41) is 10.7. The zero-order valence-electron chi connectivity index (χ0n) is 9.43. The first-order valence-electron chi connectivity index (χ1n) is 4.95. The largest absolute Gasteiger partial charge is 0.496 e. The predicted molar refractivity (Wildman–Crippen MR) is 65.8 cm³/mol. The summed E-state index contributed by atoms with van der Waals surface area (Å²) in [6, 6.07) is 5.65. The first-order valence-corrected chi connectivity index (χ1v) is 5.83. The molecule has 1 aromatic carbocycles. The highest BCUT2D eigenvalue weighted by molar-refractivity contribution is 7.11. The van der Waals surface area contributed by atoms with E-state index in [0.29, 0.717) is 5.69 Å². The average Bonchev–Trinajstić information content (AvgIpc) is 2.78. The molecule has 0 aliphatic rings. The smallest absolute Gasteiger partial charge is 0.365 e. The number of hydrogen-bond donors (Lipinski definition) is 1. The van der Waals surface area contributed by atoms with Crippen LogP contribution in [0.5, 0.6) is 5.75 Å². The highest BCUT2D eigenvalue weighted by Crippen LogP contribution is 2.27. The van der Waals surface area contributed by atoms with Gasteiger partial charge in [-0.3, -0.25) is 0 Å². The summed E-state index contributed by atoms with van der Waals surface area (Å²) in [6.07, 6.45) is 0. The number of aromatic nitrogens is 1. The molecule has 4 nitrogen and oxygen atoms in total. The van der Waals surface area contributed by atoms with Gasteiger partial charge < -0.3 is 9.84 Å². The molecule has 0 bridgehead atoms. The molecule has 0 saturated heterocycles. The maximum Gasteiger partial charge on any atom is 0.365 e. The lowest BCUT2D eigenvalue weighted by Gasteiger charge is -2.05. The normalized spacial score (nSPS) is 10.2. The van der Waals surface area contributed by atoms with Crippen LogP contribution in [0.3, 0.4) is 0 Å². The van der Waals surface area contributed by atoms with Gasteiger partial charge in [0.15, 0.2) is 0 Å². The zero-order valence-corrected chi connectivity index (χ0v) is 10.2. The maximum absolute atomic E-state index is 10.7. The number of thiazole rings is 1. The monoisotopic (exact) mass is 249 g/mol. The molecule has 0 saturated carbocycles. The number of hydrogen-bond acceptors (Lipinski definition) is 4. The molecular weight excluding hydrogens is 238 g/mol. The molecule has 0 amide bonds. The van der Waals surface area contributed by atoms with Gasteiger partial charge in [0.1, 0.15) is 5.75 Å². The molecule has 1 N–H and O–H groups in total. The lowest BCUT2D eigenvalue weighted by atomic mass is 10.1. The first-order chi connectivity index (χ1) is 8.11. The lowest BCUT2D eigenvalue weighted by Crippen LogP contribution is -1.94. The summed E-state index contributed by atoms with van der Waals surface area (Å²) in [5.74, 6) is -0.186. The van der Waals surface area contributed by atoms with Gasteiger partial charge in [-0.1, -0.05) is 0 Å². The van der Waals surface area contributed by atoms with Crippen LogP contribution in [-0.2, 0) is 0 Å². The van der Waals surface area contributed by atoms with Crippen LogP contribution >= 0.6 is 11.3 Å². The van der Waals surface area contributed by atoms with Crippen molar-refractivity contribution < 1.29 is 14.6 Å². The van der Waals surface area contributed by atoms with E-state index in [9.17, 15) is 4.79 Å². The third-order valence-electron chi connectivity index (χ3n) is 2.38. The standard InChI is InChI=1S/C12H11NO3S/c1-7-5-8(3-4-10(7)16-2)9-6-17-11(13-9)12(14)15/h3-6H,1-2H3,(H,14,15). The highest BCUT2D eigenvalue weighted by atomic mass is 32.1. The molecule has 0 atom stereocenters. The molecule has 1 heterocycles. The first kappa shape index (κ1) is 11.6. The molecule has 1 aromatic heterocycles. The second kappa shape index (κ2) is 4.55. The van der Waals surface area contributed by atoms with E-state index in [1.165, 1.54) is 0 Å². The second-order valence-corrected chi connectivity index (χ2v) is 4.39. The number of methoxy groups -OCH3 is 1. The Labute approximate surface area is 103 Å². The van der Waals surface area contributed by atoms with Crippen molar-refractivity contribution in [3.8, 4) is 17.0 Å². The predicted octanol–water partition coefficient (Wildman–Crippen LogP) is 2.83. The van der Waals surface area contributed by atoms with Crippen LogP contribution in [-0.4, -0.2) is 23.2 Å². The van der Waals surface area contributed by atoms with Crippen molar-refractivity contribution in [3.05, 3.63) is 34.2 Å². The molecule has 0 spiro atoms. The van der Waals surface area contributed by atoms with Crippen LogP contribution in [0.2, 0.25) is 0 Å². The fraction of sp³-hybridized carbons (Fsp3) is 0.167. The number of rotatable bonds is 3. The second-order valence-electron chi connectivity index (χ2n) is 3.53. The third kappa shape index (κ3) is 2.29. The number of benzene rings is 1. The van der Waals surface area contributed by atoms with Gasteiger partial charge in [0.25, 0.3) is 0 Å². The summed E-state index contributed by atoms with van der Waals surface area (Å²) < 4.78 is 5.17. The molecule has 2 aromatic rings. The lowest BCUT2D eigenvalue weighted by molar-refractivity contribution is 0.0696. The highest BCUT2D eigenvalue weighted by Gasteiger charge is 2.11. The Morgan fingerprint density at radius 1 is 1.47 bits per heavy atom. The van der Waals surface area contributed by atoms with Crippen molar-refractivity contribution in [3.63, 3.8) is 0 Å². The van der Waals surface area contributed by atoms with Gasteiger partial charge in [0.05, 0.1) is 12.8 Å². The molecule has 0 radical (unpaired) electrons. The summed E-state index contributed by atoms with van der Waals surface area (Å²) in [6.45, 7) is 1.94. The van der Waals surface area contributed by atoms with Crippen LogP contribution in [0.25, 0.3) is 11.3 Å². The minimum absolute atomic E-state index is 0.105. The fourth-order valence-corrected chi connectivity index (χ4v) is 2.21.